The van der Waals surface area contributed by atoms with Gasteiger partial charge in [-0.05, 0) is 19.8 Å². The SMILES string of the molecule is CC(=O)CCCC[N+]1(C)C=CN=C1.O=S(=O)([N-]S(=O)(=O)C(F)(F)F)C(F)(F)F. The molecule has 164 valence electrons. The van der Waals surface area contributed by atoms with Crippen LogP contribution in [-0.4, -0.2) is 58.0 Å². The Morgan fingerprint density at radius 1 is 1.00 bits per heavy atom. The number of sulfonamides is 2. The summed E-state index contributed by atoms with van der Waals surface area (Å²) in [6.07, 6.45) is 8.59. The quantitative estimate of drug-likeness (QED) is 0.329. The maximum Gasteiger partial charge on any atom is 0.480 e. The van der Waals surface area contributed by atoms with Crippen LogP contribution in [0.2, 0.25) is 0 Å². The molecule has 0 fully saturated rings. The van der Waals surface area contributed by atoms with Gasteiger partial charge in [-0.3, -0.25) is 4.48 Å². The van der Waals surface area contributed by atoms with Crippen molar-refractivity contribution in [2.24, 2.45) is 4.99 Å². The summed E-state index contributed by atoms with van der Waals surface area (Å²) in [4.78, 5) is 14.7. The lowest BCUT2D eigenvalue weighted by Crippen LogP contribution is -2.35. The van der Waals surface area contributed by atoms with Crippen molar-refractivity contribution in [3.05, 3.63) is 16.5 Å². The average molecular weight is 461 g/mol. The Hall–Kier alpha value is -1.52. The monoisotopic (exact) mass is 461 g/mol. The Morgan fingerprint density at radius 2 is 1.46 bits per heavy atom. The molecule has 16 heteroatoms. The first-order valence-electron chi connectivity index (χ1n) is 7.26. The minimum absolute atomic E-state index is 0.285. The van der Waals surface area contributed by atoms with E-state index in [2.05, 4.69) is 18.2 Å². The van der Waals surface area contributed by atoms with Crippen molar-refractivity contribution in [3.63, 3.8) is 0 Å². The van der Waals surface area contributed by atoms with Crippen LogP contribution in [0, 0.1) is 0 Å². The maximum atomic E-state index is 11.4. The van der Waals surface area contributed by atoms with Gasteiger partial charge in [0.1, 0.15) is 12.0 Å². The third kappa shape index (κ3) is 8.66. The molecule has 0 aliphatic carbocycles. The van der Waals surface area contributed by atoms with Gasteiger partial charge in [-0.15, -0.1) is 0 Å². The molecule has 0 aromatic rings. The molecular formula is C12H17F6N3O5S2. The fourth-order valence-corrected chi connectivity index (χ4v) is 3.30. The van der Waals surface area contributed by atoms with E-state index in [-0.39, 0.29) is 5.78 Å². The van der Waals surface area contributed by atoms with Crippen molar-refractivity contribution in [3.8, 4) is 0 Å². The fraction of sp³-hybridized carbons (Fsp3) is 0.667. The van der Waals surface area contributed by atoms with Gasteiger partial charge in [0.05, 0.1) is 19.8 Å². The summed E-state index contributed by atoms with van der Waals surface area (Å²) in [5.41, 5.74) is -12.4. The molecule has 8 nitrogen and oxygen atoms in total. The van der Waals surface area contributed by atoms with E-state index in [0.29, 0.717) is 6.42 Å². The summed E-state index contributed by atoms with van der Waals surface area (Å²) in [5, 5.41) is 0. The lowest BCUT2D eigenvalue weighted by Gasteiger charge is -2.22. The minimum Gasteiger partial charge on any atom is -0.421 e. The molecule has 1 rings (SSSR count). The summed E-state index contributed by atoms with van der Waals surface area (Å²) < 4.78 is 110. The number of carbonyl (C=O) groups is 1. The largest absolute Gasteiger partial charge is 0.480 e. The summed E-state index contributed by atoms with van der Waals surface area (Å²) in [5.74, 6) is 0.285. The molecule has 0 radical (unpaired) electrons. The Kier molecular flexibility index (Phi) is 8.81. The number of rotatable bonds is 7. The third-order valence-corrected chi connectivity index (χ3v) is 5.76. The average Bonchev–Trinajstić information content (AvgIpc) is 2.88. The highest BCUT2D eigenvalue weighted by molar-refractivity contribution is 8.13. The second-order valence-electron chi connectivity index (χ2n) is 5.71. The zero-order chi connectivity index (χ0) is 22.4. The molecule has 1 aliphatic rings. The van der Waals surface area contributed by atoms with Crippen molar-refractivity contribution in [1.29, 1.82) is 0 Å². The first-order valence-corrected chi connectivity index (χ1v) is 10.1. The number of alkyl halides is 6. The fourth-order valence-electron chi connectivity index (χ4n) is 1.59. The van der Waals surface area contributed by atoms with Crippen LogP contribution >= 0.6 is 0 Å². The highest BCUT2D eigenvalue weighted by Gasteiger charge is 2.46. The summed E-state index contributed by atoms with van der Waals surface area (Å²) in [6, 6.07) is 0. The third-order valence-electron chi connectivity index (χ3n) is 3.02. The lowest BCUT2D eigenvalue weighted by atomic mass is 10.2. The highest BCUT2D eigenvalue weighted by atomic mass is 32.3. The molecule has 0 amide bonds. The molecule has 1 aliphatic heterocycles. The Bertz CT molecular complexity index is 762. The molecule has 1 atom stereocenters. The summed E-state index contributed by atoms with van der Waals surface area (Å²) >= 11 is 0. The summed E-state index contributed by atoms with van der Waals surface area (Å²) in [6.45, 7) is 2.68. The number of carbonyl (C=O) groups excluding carboxylic acids is 1. The van der Waals surface area contributed by atoms with Crippen molar-refractivity contribution >= 4 is 32.2 Å². The maximum absolute atomic E-state index is 11.4. The molecular weight excluding hydrogens is 444 g/mol. The van der Waals surface area contributed by atoms with Crippen LogP contribution in [0.4, 0.5) is 26.3 Å². The van der Waals surface area contributed by atoms with E-state index < -0.39 is 31.1 Å². The second kappa shape index (κ2) is 9.32. The lowest BCUT2D eigenvalue weighted by molar-refractivity contribution is -0.756. The Labute approximate surface area is 157 Å². The van der Waals surface area contributed by atoms with Gasteiger partial charge in [0.15, 0.2) is 26.4 Å². The summed E-state index contributed by atoms with van der Waals surface area (Å²) in [7, 11) is -11.3. The molecule has 1 heterocycles. The molecule has 0 saturated heterocycles. The predicted molar refractivity (Wildman–Crippen MR) is 86.5 cm³/mol. The van der Waals surface area contributed by atoms with Crippen LogP contribution in [-0.2, 0) is 24.8 Å². The van der Waals surface area contributed by atoms with Gasteiger partial charge in [0.25, 0.3) is 0 Å². The van der Waals surface area contributed by atoms with Crippen LogP contribution < -0.4 is 0 Å². The van der Waals surface area contributed by atoms with Crippen LogP contribution in [0.15, 0.2) is 17.4 Å². The molecule has 28 heavy (non-hydrogen) atoms. The van der Waals surface area contributed by atoms with Gasteiger partial charge in [-0.25, -0.2) is 21.8 Å². The molecule has 0 bridgehead atoms. The first kappa shape index (κ1) is 26.5. The van der Waals surface area contributed by atoms with E-state index in [1.54, 1.807) is 6.92 Å². The van der Waals surface area contributed by atoms with Gasteiger partial charge in [0.2, 0.25) is 0 Å². The number of halogens is 6. The van der Waals surface area contributed by atoms with E-state index in [9.17, 15) is 48.0 Å². The van der Waals surface area contributed by atoms with Crippen molar-refractivity contribution in [2.75, 3.05) is 13.6 Å². The zero-order valence-corrected chi connectivity index (χ0v) is 16.2. The number of unbranched alkanes of at least 4 members (excludes halogenated alkanes) is 1. The Morgan fingerprint density at radius 3 is 1.79 bits per heavy atom. The van der Waals surface area contributed by atoms with Crippen LogP contribution in [0.3, 0.4) is 0 Å². The van der Waals surface area contributed by atoms with Crippen LogP contribution in [0.25, 0.3) is 4.13 Å². The van der Waals surface area contributed by atoms with Gasteiger partial charge in [-0.2, -0.15) is 26.3 Å². The van der Waals surface area contributed by atoms with Crippen molar-refractivity contribution in [2.45, 2.75) is 37.2 Å². The van der Waals surface area contributed by atoms with Gasteiger partial charge >= 0.3 is 11.0 Å². The van der Waals surface area contributed by atoms with E-state index in [4.69, 9.17) is 0 Å². The number of nitrogens with zero attached hydrogens (tertiary/aromatic N) is 3. The Balaban J connectivity index is 0.000000525. The second-order valence-corrected chi connectivity index (χ2v) is 9.13. The van der Waals surface area contributed by atoms with E-state index in [1.165, 1.54) is 0 Å². The molecule has 0 saturated carbocycles. The van der Waals surface area contributed by atoms with Crippen LogP contribution in [0.1, 0.15) is 26.2 Å². The van der Waals surface area contributed by atoms with E-state index in [1.807, 2.05) is 12.5 Å². The standard InChI is InChI=1S/C10H17N2O.C2F6NO4S2/c1-10(13)5-3-4-7-12(2)8-6-11-9-12;3-1(4,5)14(10,11)9-15(12,13)2(6,7)8/h6,8-9H,3-5,7H2,1-2H3;/q+1;-1. The van der Waals surface area contributed by atoms with Crippen molar-refractivity contribution < 1.29 is 52.5 Å². The number of hydrogen-bond acceptors (Lipinski definition) is 6. The molecule has 1 unspecified atom stereocenters. The predicted octanol–water partition coefficient (Wildman–Crippen LogP) is 2.76. The highest BCUT2D eigenvalue weighted by Crippen LogP contribution is 2.36. The van der Waals surface area contributed by atoms with E-state index in [0.717, 1.165) is 28.0 Å². The van der Waals surface area contributed by atoms with Gasteiger partial charge in [-0.1, -0.05) is 0 Å². The van der Waals surface area contributed by atoms with Gasteiger partial charge < -0.3 is 8.92 Å². The number of Topliss-reactive ketones (excluding diaryl/α,β-unsaturated/α-hetero) is 1. The minimum atomic E-state index is -6.72. The topological polar surface area (TPSA) is 112 Å². The van der Waals surface area contributed by atoms with Gasteiger partial charge in [0, 0.05) is 6.42 Å². The molecule has 0 aromatic carbocycles. The number of quaternary nitrogens is 1. The number of aliphatic imine (C=N–C) groups is 1. The molecule has 0 aromatic heterocycles. The smallest absolute Gasteiger partial charge is 0.421 e. The zero-order valence-electron chi connectivity index (χ0n) is 14.5. The number of hydrogen-bond donors (Lipinski definition) is 0. The van der Waals surface area contributed by atoms with Crippen molar-refractivity contribution in [1.82, 2.24) is 0 Å². The normalized spacial score (nSPS) is 20.0. The molecule has 0 spiro atoms. The van der Waals surface area contributed by atoms with E-state index >= 15 is 0 Å². The number of ketones is 1. The molecule has 0 N–H and O–H groups in total. The first-order chi connectivity index (χ1) is 12.3. The van der Waals surface area contributed by atoms with Crippen LogP contribution in [0.5, 0.6) is 0 Å².